The van der Waals surface area contributed by atoms with Gasteiger partial charge in [0.15, 0.2) is 33.5 Å². The Balaban J connectivity index is 1.39. The van der Waals surface area contributed by atoms with Gasteiger partial charge in [-0.15, -0.1) is 28.1 Å². The van der Waals surface area contributed by atoms with Crippen LogP contribution in [0.2, 0.25) is 0 Å². The van der Waals surface area contributed by atoms with Crippen molar-refractivity contribution in [3.63, 3.8) is 0 Å². The lowest BCUT2D eigenvalue weighted by atomic mass is 10.2. The molecule has 152 valence electrons. The predicted molar refractivity (Wildman–Crippen MR) is 114 cm³/mol. The number of para-hydroxylation sites is 2. The molecule has 1 aliphatic heterocycles. The third-order valence-electron chi connectivity index (χ3n) is 4.56. The smallest absolute Gasteiger partial charge is 0.258 e. The quantitative estimate of drug-likeness (QED) is 0.337. The van der Waals surface area contributed by atoms with Gasteiger partial charge in [0.2, 0.25) is 0 Å². The lowest BCUT2D eigenvalue weighted by Crippen LogP contribution is -2.25. The summed E-state index contributed by atoms with van der Waals surface area (Å²) in [5, 5.41) is 11.3. The van der Waals surface area contributed by atoms with Crippen molar-refractivity contribution in [2.75, 3.05) is 6.61 Å². The average molecular weight is 440 g/mol. The van der Waals surface area contributed by atoms with Gasteiger partial charge >= 0.3 is 0 Å². The zero-order chi connectivity index (χ0) is 20.5. The Morgan fingerprint density at radius 2 is 2.17 bits per heavy atom. The summed E-state index contributed by atoms with van der Waals surface area (Å²) in [5.74, 6) is 2.59. The molecule has 30 heavy (non-hydrogen) atoms. The minimum absolute atomic E-state index is 0.0866. The summed E-state index contributed by atoms with van der Waals surface area (Å²) in [5.41, 5.74) is 0.616. The summed E-state index contributed by atoms with van der Waals surface area (Å²) in [6.45, 7) is 4.73. The van der Waals surface area contributed by atoms with Crippen molar-refractivity contribution in [1.29, 1.82) is 0 Å². The number of hydrogen-bond acceptors (Lipinski definition) is 8. The standard InChI is InChI=1S/C20H17N5O3S2/c1-2-7-25-18(16-11-27-14-5-3-4-6-15(14)28-16)22-23-20(25)30-12-13-10-17(26)24-8-9-29-19(24)21-13/h2-6,8-10,16H,1,7,11-12H2/t16-/m0/s1. The zero-order valence-corrected chi connectivity index (χ0v) is 17.4. The molecule has 5 rings (SSSR count). The van der Waals surface area contributed by atoms with E-state index in [4.69, 9.17) is 9.47 Å². The van der Waals surface area contributed by atoms with E-state index in [0.29, 0.717) is 46.3 Å². The molecular weight excluding hydrogens is 422 g/mol. The Kier molecular flexibility index (Phi) is 5.01. The molecular formula is C20H17N5O3S2. The van der Waals surface area contributed by atoms with Gasteiger partial charge in [0.1, 0.15) is 6.61 Å². The fourth-order valence-corrected chi connectivity index (χ4v) is 4.78. The lowest BCUT2D eigenvalue weighted by Gasteiger charge is -2.26. The van der Waals surface area contributed by atoms with Crippen LogP contribution in [-0.4, -0.2) is 30.8 Å². The SMILES string of the molecule is C=CCn1c(SCc2cc(=O)n3ccsc3n2)nnc1[C@@H]1COc2ccccc2O1. The maximum absolute atomic E-state index is 12.2. The summed E-state index contributed by atoms with van der Waals surface area (Å²) in [7, 11) is 0. The van der Waals surface area contributed by atoms with E-state index in [2.05, 4.69) is 21.8 Å². The first-order valence-electron chi connectivity index (χ1n) is 9.24. The Labute approximate surface area is 179 Å². The lowest BCUT2D eigenvalue weighted by molar-refractivity contribution is 0.0821. The molecule has 1 aliphatic rings. The molecule has 4 aromatic rings. The topological polar surface area (TPSA) is 83.5 Å². The van der Waals surface area contributed by atoms with Crippen molar-refractivity contribution in [3.8, 4) is 11.5 Å². The van der Waals surface area contributed by atoms with Crippen molar-refractivity contribution in [3.05, 3.63) is 76.4 Å². The van der Waals surface area contributed by atoms with E-state index in [1.165, 1.54) is 27.5 Å². The van der Waals surface area contributed by atoms with E-state index < -0.39 is 0 Å². The van der Waals surface area contributed by atoms with E-state index in [1.54, 1.807) is 18.3 Å². The van der Waals surface area contributed by atoms with Gasteiger partial charge in [-0.3, -0.25) is 13.8 Å². The van der Waals surface area contributed by atoms with Crippen molar-refractivity contribution >= 4 is 28.1 Å². The molecule has 0 amide bonds. The first-order chi connectivity index (χ1) is 14.7. The number of thiazole rings is 1. The van der Waals surface area contributed by atoms with Crippen LogP contribution in [0.3, 0.4) is 0 Å². The normalized spacial score (nSPS) is 15.4. The Bertz CT molecular complexity index is 1280. The van der Waals surface area contributed by atoms with Gasteiger partial charge in [0.25, 0.3) is 5.56 Å². The highest BCUT2D eigenvalue weighted by Crippen LogP contribution is 2.36. The Morgan fingerprint density at radius 3 is 3.03 bits per heavy atom. The van der Waals surface area contributed by atoms with E-state index in [0.717, 1.165) is 5.75 Å². The van der Waals surface area contributed by atoms with Gasteiger partial charge in [-0.05, 0) is 12.1 Å². The molecule has 0 spiro atoms. The second kappa shape index (κ2) is 7.96. The van der Waals surface area contributed by atoms with Crippen LogP contribution in [0.1, 0.15) is 17.6 Å². The number of thioether (sulfide) groups is 1. The van der Waals surface area contributed by atoms with Crippen LogP contribution in [-0.2, 0) is 12.3 Å². The minimum atomic E-state index is -0.369. The molecule has 0 bridgehead atoms. The van der Waals surface area contributed by atoms with Crippen molar-refractivity contribution in [2.45, 2.75) is 23.6 Å². The molecule has 10 heteroatoms. The van der Waals surface area contributed by atoms with Crippen molar-refractivity contribution in [1.82, 2.24) is 24.1 Å². The molecule has 0 saturated heterocycles. The van der Waals surface area contributed by atoms with Crippen LogP contribution in [0.15, 0.2) is 64.5 Å². The molecule has 0 fully saturated rings. The number of aromatic nitrogens is 5. The van der Waals surface area contributed by atoms with E-state index >= 15 is 0 Å². The maximum atomic E-state index is 12.2. The highest BCUT2D eigenvalue weighted by atomic mass is 32.2. The number of ether oxygens (including phenoxy) is 2. The zero-order valence-electron chi connectivity index (χ0n) is 15.8. The third-order valence-corrected chi connectivity index (χ3v) is 6.32. The number of benzene rings is 1. The Hall–Kier alpha value is -3.11. The van der Waals surface area contributed by atoms with Gasteiger partial charge in [-0.2, -0.15) is 0 Å². The molecule has 4 heterocycles. The molecule has 1 aromatic carbocycles. The molecule has 0 unspecified atom stereocenters. The highest BCUT2D eigenvalue weighted by Gasteiger charge is 2.28. The van der Waals surface area contributed by atoms with Crippen LogP contribution in [0.4, 0.5) is 0 Å². The average Bonchev–Trinajstić information content (AvgIpc) is 3.40. The maximum Gasteiger partial charge on any atom is 0.258 e. The van der Waals surface area contributed by atoms with Crippen LogP contribution < -0.4 is 15.0 Å². The highest BCUT2D eigenvalue weighted by molar-refractivity contribution is 7.98. The molecule has 1 atom stereocenters. The summed E-state index contributed by atoms with van der Waals surface area (Å²) in [4.78, 5) is 17.4. The van der Waals surface area contributed by atoms with E-state index in [-0.39, 0.29) is 11.7 Å². The number of nitrogens with zero attached hydrogens (tertiary/aromatic N) is 5. The fourth-order valence-electron chi connectivity index (χ4n) is 3.19. The summed E-state index contributed by atoms with van der Waals surface area (Å²) >= 11 is 2.90. The van der Waals surface area contributed by atoms with E-state index in [9.17, 15) is 4.79 Å². The first kappa shape index (κ1) is 18.9. The molecule has 0 radical (unpaired) electrons. The minimum Gasteiger partial charge on any atom is -0.485 e. The van der Waals surface area contributed by atoms with Crippen LogP contribution in [0, 0.1) is 0 Å². The summed E-state index contributed by atoms with van der Waals surface area (Å²) < 4.78 is 15.4. The number of rotatable bonds is 6. The molecule has 0 saturated carbocycles. The van der Waals surface area contributed by atoms with Gasteiger partial charge in [-0.25, -0.2) is 4.98 Å². The fraction of sp³-hybridized carbons (Fsp3) is 0.200. The second-order valence-electron chi connectivity index (χ2n) is 6.53. The van der Waals surface area contributed by atoms with Crippen LogP contribution in [0.5, 0.6) is 11.5 Å². The van der Waals surface area contributed by atoms with Gasteiger partial charge in [0.05, 0.1) is 5.69 Å². The van der Waals surface area contributed by atoms with Crippen molar-refractivity contribution < 1.29 is 9.47 Å². The van der Waals surface area contributed by atoms with Gasteiger partial charge in [-0.1, -0.05) is 30.0 Å². The van der Waals surface area contributed by atoms with Gasteiger partial charge < -0.3 is 9.47 Å². The second-order valence-corrected chi connectivity index (χ2v) is 8.35. The monoisotopic (exact) mass is 439 g/mol. The van der Waals surface area contributed by atoms with Gasteiger partial charge in [0, 0.05) is 29.9 Å². The Morgan fingerprint density at radius 1 is 1.30 bits per heavy atom. The van der Waals surface area contributed by atoms with Crippen LogP contribution in [0.25, 0.3) is 4.96 Å². The number of hydrogen-bond donors (Lipinski definition) is 0. The summed E-state index contributed by atoms with van der Waals surface area (Å²) in [6, 6.07) is 9.11. The van der Waals surface area contributed by atoms with Crippen molar-refractivity contribution in [2.24, 2.45) is 0 Å². The summed E-state index contributed by atoms with van der Waals surface area (Å²) in [6.07, 6.45) is 3.15. The molecule has 8 nitrogen and oxygen atoms in total. The molecule has 0 N–H and O–H groups in total. The van der Waals surface area contributed by atoms with Crippen LogP contribution >= 0.6 is 23.1 Å². The first-order valence-corrected chi connectivity index (χ1v) is 11.1. The largest absolute Gasteiger partial charge is 0.485 e. The number of fused-ring (bicyclic) bond motifs is 2. The van der Waals surface area contributed by atoms with E-state index in [1.807, 2.05) is 34.2 Å². The molecule has 0 aliphatic carbocycles. The number of allylic oxidation sites excluding steroid dienone is 1. The predicted octanol–water partition coefficient (Wildman–Crippen LogP) is 3.34. The third kappa shape index (κ3) is 3.48. The molecule has 3 aromatic heterocycles.